The summed E-state index contributed by atoms with van der Waals surface area (Å²) in [5.74, 6) is 0.0179. The van der Waals surface area contributed by atoms with Crippen LogP contribution in [0, 0.1) is 11.3 Å². The standard InChI is InChI=1S/C21H22N4O2S/c1-24-9-11-25(12-10-24)21(27)18-7-2-3-8-19(18)28-15-20(26)23-17-6-4-5-16(13-17)14-22/h2-8,13H,9-12,15H2,1H3,(H,23,26). The molecule has 1 heterocycles. The average Bonchev–Trinajstić information content (AvgIpc) is 2.72. The number of amides is 2. The summed E-state index contributed by atoms with van der Waals surface area (Å²) in [5, 5.41) is 11.7. The van der Waals surface area contributed by atoms with Crippen LogP contribution in [0.25, 0.3) is 0 Å². The molecule has 0 bridgehead atoms. The Labute approximate surface area is 169 Å². The molecule has 0 radical (unpaired) electrons. The van der Waals surface area contributed by atoms with Gasteiger partial charge in [0.15, 0.2) is 0 Å². The maximum Gasteiger partial charge on any atom is 0.255 e. The molecule has 0 aromatic heterocycles. The van der Waals surface area contributed by atoms with Crippen LogP contribution in [-0.2, 0) is 4.79 Å². The highest BCUT2D eigenvalue weighted by molar-refractivity contribution is 8.00. The zero-order valence-electron chi connectivity index (χ0n) is 15.7. The average molecular weight is 395 g/mol. The van der Waals surface area contributed by atoms with Crippen LogP contribution < -0.4 is 5.32 Å². The van der Waals surface area contributed by atoms with Gasteiger partial charge in [-0.15, -0.1) is 11.8 Å². The van der Waals surface area contributed by atoms with E-state index in [1.165, 1.54) is 11.8 Å². The fourth-order valence-corrected chi connectivity index (χ4v) is 3.80. The monoisotopic (exact) mass is 394 g/mol. The van der Waals surface area contributed by atoms with Crippen LogP contribution in [0.5, 0.6) is 0 Å². The number of anilines is 1. The highest BCUT2D eigenvalue weighted by Crippen LogP contribution is 2.24. The van der Waals surface area contributed by atoms with Crippen molar-refractivity contribution in [3.8, 4) is 6.07 Å². The minimum atomic E-state index is -0.179. The lowest BCUT2D eigenvalue weighted by molar-refractivity contribution is -0.113. The zero-order valence-corrected chi connectivity index (χ0v) is 16.5. The summed E-state index contributed by atoms with van der Waals surface area (Å²) in [6.45, 7) is 3.16. The van der Waals surface area contributed by atoms with Crippen LogP contribution in [0.3, 0.4) is 0 Å². The molecule has 0 aliphatic carbocycles. The quantitative estimate of drug-likeness (QED) is 0.789. The third-order valence-corrected chi connectivity index (χ3v) is 5.62. The van der Waals surface area contributed by atoms with E-state index in [1.807, 2.05) is 29.2 Å². The van der Waals surface area contributed by atoms with Gasteiger partial charge in [-0.05, 0) is 37.4 Å². The van der Waals surface area contributed by atoms with Crippen molar-refractivity contribution in [3.63, 3.8) is 0 Å². The predicted molar refractivity (Wildman–Crippen MR) is 110 cm³/mol. The smallest absolute Gasteiger partial charge is 0.255 e. The van der Waals surface area contributed by atoms with Gasteiger partial charge in [-0.2, -0.15) is 5.26 Å². The molecule has 0 unspecified atom stereocenters. The zero-order chi connectivity index (χ0) is 19.9. The molecule has 1 aliphatic rings. The highest BCUT2D eigenvalue weighted by atomic mass is 32.2. The number of nitrogens with one attached hydrogen (secondary N) is 1. The third kappa shape index (κ3) is 5.12. The van der Waals surface area contributed by atoms with Crippen molar-refractivity contribution in [2.75, 3.05) is 44.3 Å². The van der Waals surface area contributed by atoms with Crippen LogP contribution in [-0.4, -0.2) is 60.6 Å². The van der Waals surface area contributed by atoms with E-state index in [1.54, 1.807) is 24.3 Å². The van der Waals surface area contributed by atoms with Gasteiger partial charge in [-0.1, -0.05) is 18.2 Å². The molecule has 0 saturated carbocycles. The van der Waals surface area contributed by atoms with Crippen molar-refractivity contribution < 1.29 is 9.59 Å². The molecule has 1 saturated heterocycles. The van der Waals surface area contributed by atoms with E-state index in [-0.39, 0.29) is 17.6 Å². The largest absolute Gasteiger partial charge is 0.336 e. The number of likely N-dealkylation sites (N-methyl/N-ethyl adjacent to an activating group) is 1. The number of hydrogen-bond donors (Lipinski definition) is 1. The van der Waals surface area contributed by atoms with Crippen LogP contribution in [0.4, 0.5) is 5.69 Å². The first-order valence-electron chi connectivity index (χ1n) is 9.06. The van der Waals surface area contributed by atoms with E-state index in [9.17, 15) is 9.59 Å². The topological polar surface area (TPSA) is 76.4 Å². The molecular formula is C21H22N4O2S. The number of carbonyl (C=O) groups is 2. The Bertz CT molecular complexity index is 901. The Kier molecular flexibility index (Phi) is 6.69. The molecule has 0 atom stereocenters. The lowest BCUT2D eigenvalue weighted by Crippen LogP contribution is -2.47. The summed E-state index contributed by atoms with van der Waals surface area (Å²) in [6, 6.07) is 16.2. The molecule has 28 heavy (non-hydrogen) atoms. The van der Waals surface area contributed by atoms with Gasteiger partial charge in [0.1, 0.15) is 0 Å². The number of benzene rings is 2. The molecule has 3 rings (SSSR count). The lowest BCUT2D eigenvalue weighted by atomic mass is 10.2. The number of piperazine rings is 1. The molecule has 1 N–H and O–H groups in total. The van der Waals surface area contributed by atoms with Gasteiger partial charge in [0, 0.05) is 36.8 Å². The first-order chi connectivity index (χ1) is 13.6. The van der Waals surface area contributed by atoms with Gasteiger partial charge in [-0.3, -0.25) is 9.59 Å². The van der Waals surface area contributed by atoms with E-state index in [0.717, 1.165) is 18.0 Å². The number of thioether (sulfide) groups is 1. The third-order valence-electron chi connectivity index (χ3n) is 4.54. The molecule has 144 valence electrons. The summed E-state index contributed by atoms with van der Waals surface area (Å²) in [7, 11) is 2.05. The number of nitrogens with zero attached hydrogens (tertiary/aromatic N) is 3. The lowest BCUT2D eigenvalue weighted by Gasteiger charge is -2.32. The molecular weight excluding hydrogens is 372 g/mol. The number of nitriles is 1. The SMILES string of the molecule is CN1CCN(C(=O)c2ccccc2SCC(=O)Nc2cccc(C#N)c2)CC1. The Morgan fingerprint density at radius 2 is 1.86 bits per heavy atom. The first kappa shape index (κ1) is 19.9. The van der Waals surface area contributed by atoms with Gasteiger partial charge in [0.25, 0.3) is 5.91 Å². The second kappa shape index (κ2) is 9.40. The van der Waals surface area contributed by atoms with Crippen LogP contribution in [0.2, 0.25) is 0 Å². The Balaban J connectivity index is 1.62. The van der Waals surface area contributed by atoms with Crippen molar-refractivity contribution >= 4 is 29.3 Å². The second-order valence-electron chi connectivity index (χ2n) is 6.62. The number of carbonyl (C=O) groups excluding carboxylic acids is 2. The highest BCUT2D eigenvalue weighted by Gasteiger charge is 2.22. The number of rotatable bonds is 5. The van der Waals surface area contributed by atoms with Crippen molar-refractivity contribution in [2.45, 2.75) is 4.90 Å². The van der Waals surface area contributed by atoms with Crippen LogP contribution in [0.1, 0.15) is 15.9 Å². The fourth-order valence-electron chi connectivity index (χ4n) is 2.96. The van der Waals surface area contributed by atoms with Gasteiger partial charge >= 0.3 is 0 Å². The van der Waals surface area contributed by atoms with Crippen molar-refractivity contribution in [1.29, 1.82) is 5.26 Å². The van der Waals surface area contributed by atoms with E-state index < -0.39 is 0 Å². The molecule has 0 spiro atoms. The molecule has 2 aromatic carbocycles. The Morgan fingerprint density at radius 1 is 1.11 bits per heavy atom. The summed E-state index contributed by atoms with van der Waals surface area (Å²) in [6.07, 6.45) is 0. The fraction of sp³-hybridized carbons (Fsp3) is 0.286. The molecule has 1 fully saturated rings. The molecule has 2 aromatic rings. The summed E-state index contributed by atoms with van der Waals surface area (Å²) in [5.41, 5.74) is 1.72. The minimum absolute atomic E-state index is 0.0123. The summed E-state index contributed by atoms with van der Waals surface area (Å²) in [4.78, 5) is 30.1. The molecule has 1 aliphatic heterocycles. The minimum Gasteiger partial charge on any atom is -0.336 e. The predicted octanol–water partition coefficient (Wildman–Crippen LogP) is 2.68. The van der Waals surface area contributed by atoms with Gasteiger partial charge in [0.2, 0.25) is 5.91 Å². The molecule has 6 nitrogen and oxygen atoms in total. The van der Waals surface area contributed by atoms with Crippen molar-refractivity contribution in [2.24, 2.45) is 0 Å². The number of hydrogen-bond acceptors (Lipinski definition) is 5. The van der Waals surface area contributed by atoms with E-state index >= 15 is 0 Å². The Hall–Kier alpha value is -2.82. The van der Waals surface area contributed by atoms with Crippen molar-refractivity contribution in [1.82, 2.24) is 9.80 Å². The van der Waals surface area contributed by atoms with E-state index in [2.05, 4.69) is 23.3 Å². The van der Waals surface area contributed by atoms with Gasteiger partial charge in [-0.25, -0.2) is 0 Å². The summed E-state index contributed by atoms with van der Waals surface area (Å²) < 4.78 is 0. The van der Waals surface area contributed by atoms with E-state index in [0.29, 0.717) is 29.9 Å². The molecule has 7 heteroatoms. The first-order valence-corrected chi connectivity index (χ1v) is 10.0. The van der Waals surface area contributed by atoms with E-state index in [4.69, 9.17) is 5.26 Å². The van der Waals surface area contributed by atoms with Gasteiger partial charge < -0.3 is 15.1 Å². The Morgan fingerprint density at radius 3 is 2.61 bits per heavy atom. The maximum atomic E-state index is 12.9. The maximum absolute atomic E-state index is 12.9. The van der Waals surface area contributed by atoms with Gasteiger partial charge in [0.05, 0.1) is 22.9 Å². The van der Waals surface area contributed by atoms with Crippen LogP contribution in [0.15, 0.2) is 53.4 Å². The molecule has 2 amide bonds. The summed E-state index contributed by atoms with van der Waals surface area (Å²) >= 11 is 1.34. The van der Waals surface area contributed by atoms with Crippen molar-refractivity contribution in [3.05, 3.63) is 59.7 Å². The van der Waals surface area contributed by atoms with Crippen LogP contribution >= 0.6 is 11.8 Å². The second-order valence-corrected chi connectivity index (χ2v) is 7.64. The normalized spacial score (nSPS) is 14.4.